The number of methoxy groups -OCH3 is 1. The van der Waals surface area contributed by atoms with Crippen LogP contribution in [0.4, 0.5) is 0 Å². The molecule has 0 heterocycles. The van der Waals surface area contributed by atoms with Crippen molar-refractivity contribution in [1.29, 1.82) is 0 Å². The minimum absolute atomic E-state index is 0.152. The smallest absolute Gasteiger partial charge is 0.243 e. The maximum absolute atomic E-state index is 11.2. The van der Waals surface area contributed by atoms with Gasteiger partial charge < -0.3 is 9.84 Å². The third-order valence-corrected chi connectivity index (χ3v) is 3.75. The lowest BCUT2D eigenvalue weighted by Crippen LogP contribution is -2.22. The molecule has 0 radical (unpaired) electrons. The van der Waals surface area contributed by atoms with E-state index in [-0.39, 0.29) is 6.42 Å². The third kappa shape index (κ3) is 5.06. The standard InChI is InChI=1S/C18H22N2O4/c1-24-15-9-6-13(7-10-15)12-19-18(22)16-5-3-2-4-14(16)8-11-17(21)20-23/h2-7,9-10,18-19,22-23H,8,11-12H2,1H3,(H,20,21). The van der Waals surface area contributed by atoms with Crippen molar-refractivity contribution in [1.82, 2.24) is 10.8 Å². The first-order chi connectivity index (χ1) is 11.6. The number of hydroxylamine groups is 1. The van der Waals surface area contributed by atoms with Gasteiger partial charge in [-0.15, -0.1) is 0 Å². The normalized spacial score (nSPS) is 11.8. The minimum atomic E-state index is -0.847. The molecule has 1 unspecified atom stereocenters. The van der Waals surface area contributed by atoms with Gasteiger partial charge in [-0.2, -0.15) is 0 Å². The topological polar surface area (TPSA) is 90.8 Å². The third-order valence-electron chi connectivity index (χ3n) is 3.75. The van der Waals surface area contributed by atoms with Crippen LogP contribution in [-0.2, 0) is 17.8 Å². The molecule has 0 saturated heterocycles. The van der Waals surface area contributed by atoms with E-state index in [1.54, 1.807) is 12.6 Å². The number of aliphatic hydroxyl groups is 1. The van der Waals surface area contributed by atoms with Crippen molar-refractivity contribution in [3.05, 3.63) is 65.2 Å². The van der Waals surface area contributed by atoms with E-state index in [2.05, 4.69) is 5.32 Å². The van der Waals surface area contributed by atoms with E-state index < -0.39 is 12.1 Å². The van der Waals surface area contributed by atoms with Crippen molar-refractivity contribution >= 4 is 5.91 Å². The summed E-state index contributed by atoms with van der Waals surface area (Å²) in [7, 11) is 1.62. The van der Waals surface area contributed by atoms with Crippen molar-refractivity contribution in [2.75, 3.05) is 7.11 Å². The molecule has 1 atom stereocenters. The Bertz CT molecular complexity index is 658. The minimum Gasteiger partial charge on any atom is -0.497 e. The summed E-state index contributed by atoms with van der Waals surface area (Å²) in [6, 6.07) is 15.0. The number of aryl methyl sites for hydroxylation is 1. The number of hydrogen-bond donors (Lipinski definition) is 4. The van der Waals surface area contributed by atoms with Crippen molar-refractivity contribution in [3.63, 3.8) is 0 Å². The van der Waals surface area contributed by atoms with Crippen LogP contribution in [0.5, 0.6) is 5.75 Å². The molecule has 6 heteroatoms. The predicted molar refractivity (Wildman–Crippen MR) is 89.5 cm³/mol. The average Bonchev–Trinajstić information content (AvgIpc) is 2.64. The molecule has 24 heavy (non-hydrogen) atoms. The maximum Gasteiger partial charge on any atom is 0.243 e. The highest BCUT2D eigenvalue weighted by atomic mass is 16.5. The lowest BCUT2D eigenvalue weighted by atomic mass is 10.0. The quantitative estimate of drug-likeness (QED) is 0.337. The number of nitrogens with one attached hydrogen (secondary N) is 2. The van der Waals surface area contributed by atoms with Crippen LogP contribution in [0.3, 0.4) is 0 Å². The van der Waals surface area contributed by atoms with E-state index >= 15 is 0 Å². The van der Waals surface area contributed by atoms with Crippen LogP contribution < -0.4 is 15.5 Å². The molecule has 2 aromatic rings. The molecule has 0 aliphatic heterocycles. The van der Waals surface area contributed by atoms with Crippen LogP contribution in [-0.4, -0.2) is 23.3 Å². The van der Waals surface area contributed by atoms with E-state index in [4.69, 9.17) is 9.94 Å². The van der Waals surface area contributed by atoms with Crippen LogP contribution >= 0.6 is 0 Å². The first kappa shape index (κ1) is 17.9. The van der Waals surface area contributed by atoms with E-state index in [0.717, 1.165) is 22.4 Å². The van der Waals surface area contributed by atoms with E-state index in [1.165, 1.54) is 0 Å². The van der Waals surface area contributed by atoms with E-state index in [0.29, 0.717) is 13.0 Å². The van der Waals surface area contributed by atoms with Crippen LogP contribution in [0.1, 0.15) is 29.3 Å². The number of rotatable bonds is 8. The fourth-order valence-electron chi connectivity index (χ4n) is 2.40. The second kappa shape index (κ2) is 9.02. The van der Waals surface area contributed by atoms with Gasteiger partial charge in [0.1, 0.15) is 12.0 Å². The highest BCUT2D eigenvalue weighted by molar-refractivity contribution is 5.74. The van der Waals surface area contributed by atoms with Gasteiger partial charge in [0.25, 0.3) is 0 Å². The molecule has 0 aliphatic carbocycles. The highest BCUT2D eigenvalue weighted by Crippen LogP contribution is 2.19. The van der Waals surface area contributed by atoms with Gasteiger partial charge in [0, 0.05) is 13.0 Å². The molecule has 1 amide bonds. The second-order valence-electron chi connectivity index (χ2n) is 5.37. The van der Waals surface area contributed by atoms with Gasteiger partial charge in [0.05, 0.1) is 7.11 Å². The van der Waals surface area contributed by atoms with Gasteiger partial charge in [0.15, 0.2) is 0 Å². The molecule has 2 aromatic carbocycles. The van der Waals surface area contributed by atoms with Crippen LogP contribution in [0.15, 0.2) is 48.5 Å². The number of benzene rings is 2. The average molecular weight is 330 g/mol. The Hall–Kier alpha value is -2.41. The molecular formula is C18H22N2O4. The van der Waals surface area contributed by atoms with E-state index in [9.17, 15) is 9.90 Å². The Labute approximate surface area is 141 Å². The summed E-state index contributed by atoms with van der Waals surface area (Å²) in [5, 5.41) is 22.0. The van der Waals surface area contributed by atoms with Gasteiger partial charge in [-0.3, -0.25) is 15.3 Å². The lowest BCUT2D eigenvalue weighted by molar-refractivity contribution is -0.129. The van der Waals surface area contributed by atoms with Crippen LogP contribution in [0.2, 0.25) is 0 Å². The van der Waals surface area contributed by atoms with Gasteiger partial charge in [0.2, 0.25) is 5.91 Å². The number of carbonyl (C=O) groups is 1. The SMILES string of the molecule is COc1ccc(CNC(O)c2ccccc2CCC(=O)NO)cc1. The summed E-state index contributed by atoms with van der Waals surface area (Å²) < 4.78 is 5.12. The molecule has 0 spiro atoms. The van der Waals surface area contributed by atoms with Gasteiger partial charge in [-0.1, -0.05) is 36.4 Å². The number of ether oxygens (including phenoxy) is 1. The fourth-order valence-corrected chi connectivity index (χ4v) is 2.40. The largest absolute Gasteiger partial charge is 0.497 e. The first-order valence-corrected chi connectivity index (χ1v) is 7.69. The lowest BCUT2D eigenvalue weighted by Gasteiger charge is -2.17. The molecule has 0 bridgehead atoms. The zero-order valence-electron chi connectivity index (χ0n) is 13.5. The number of amides is 1. The summed E-state index contributed by atoms with van der Waals surface area (Å²) in [5.41, 5.74) is 4.21. The number of hydrogen-bond acceptors (Lipinski definition) is 5. The first-order valence-electron chi connectivity index (χ1n) is 7.69. The maximum atomic E-state index is 11.2. The molecule has 4 N–H and O–H groups in total. The molecule has 0 aliphatic rings. The molecule has 0 fully saturated rings. The monoisotopic (exact) mass is 330 g/mol. The Morgan fingerprint density at radius 2 is 1.88 bits per heavy atom. The fraction of sp³-hybridized carbons (Fsp3) is 0.278. The van der Waals surface area contributed by atoms with Crippen molar-refractivity contribution in [3.8, 4) is 5.75 Å². The summed E-state index contributed by atoms with van der Waals surface area (Å²) >= 11 is 0. The van der Waals surface area contributed by atoms with Crippen molar-refractivity contribution in [2.24, 2.45) is 0 Å². The molecule has 0 aromatic heterocycles. The number of carbonyl (C=O) groups excluding carboxylic acids is 1. The van der Waals surface area contributed by atoms with Crippen molar-refractivity contribution < 1.29 is 19.8 Å². The molecule has 0 saturated carbocycles. The Kier molecular flexibility index (Phi) is 6.74. The van der Waals surface area contributed by atoms with Gasteiger partial charge >= 0.3 is 0 Å². The summed E-state index contributed by atoms with van der Waals surface area (Å²) in [6.45, 7) is 0.497. The summed E-state index contributed by atoms with van der Waals surface area (Å²) in [4.78, 5) is 11.2. The summed E-state index contributed by atoms with van der Waals surface area (Å²) in [6.07, 6.45) is -0.261. The molecular weight excluding hydrogens is 308 g/mol. The van der Waals surface area contributed by atoms with Gasteiger partial charge in [-0.05, 0) is 35.2 Å². The zero-order chi connectivity index (χ0) is 17.4. The Morgan fingerprint density at radius 1 is 1.17 bits per heavy atom. The highest BCUT2D eigenvalue weighted by Gasteiger charge is 2.12. The van der Waals surface area contributed by atoms with Gasteiger partial charge in [-0.25, -0.2) is 5.48 Å². The Balaban J connectivity index is 1.98. The summed E-state index contributed by atoms with van der Waals surface area (Å²) in [5.74, 6) is 0.331. The number of aliphatic hydroxyl groups excluding tert-OH is 1. The molecule has 128 valence electrons. The van der Waals surface area contributed by atoms with E-state index in [1.807, 2.05) is 48.5 Å². The predicted octanol–water partition coefficient (Wildman–Crippen LogP) is 1.91. The van der Waals surface area contributed by atoms with Crippen LogP contribution in [0.25, 0.3) is 0 Å². The molecule has 6 nitrogen and oxygen atoms in total. The molecule has 2 rings (SSSR count). The van der Waals surface area contributed by atoms with Crippen LogP contribution in [0, 0.1) is 0 Å². The Morgan fingerprint density at radius 3 is 2.54 bits per heavy atom. The second-order valence-corrected chi connectivity index (χ2v) is 5.37. The zero-order valence-corrected chi connectivity index (χ0v) is 13.5. The van der Waals surface area contributed by atoms with Crippen molar-refractivity contribution in [2.45, 2.75) is 25.6 Å².